The SMILES string of the molecule is C=O.c1ccc(-c2ccccn2)nc1. The highest BCUT2D eigenvalue weighted by atomic mass is 16.1. The molecule has 0 aliphatic rings. The molecule has 3 nitrogen and oxygen atoms in total. The average molecular weight is 186 g/mol. The molecule has 2 aromatic heterocycles. The van der Waals surface area contributed by atoms with Gasteiger partial charge in [0.25, 0.3) is 0 Å². The summed E-state index contributed by atoms with van der Waals surface area (Å²) in [4.78, 5) is 16.4. The molecule has 0 aliphatic carbocycles. The number of carbonyl (C=O) groups excluding carboxylic acids is 1. The van der Waals surface area contributed by atoms with Crippen molar-refractivity contribution in [2.24, 2.45) is 0 Å². The Morgan fingerprint density at radius 1 is 0.786 bits per heavy atom. The number of rotatable bonds is 1. The van der Waals surface area contributed by atoms with Gasteiger partial charge < -0.3 is 4.79 Å². The first-order chi connectivity index (χ1) is 6.97. The van der Waals surface area contributed by atoms with Gasteiger partial charge in [0.2, 0.25) is 0 Å². The monoisotopic (exact) mass is 186 g/mol. The molecule has 0 amide bonds. The van der Waals surface area contributed by atoms with Crippen molar-refractivity contribution in [2.75, 3.05) is 0 Å². The van der Waals surface area contributed by atoms with E-state index in [0.717, 1.165) is 11.4 Å². The highest BCUT2D eigenvalue weighted by Gasteiger charge is 1.95. The molecule has 0 bridgehead atoms. The minimum Gasteiger partial charge on any atom is -0.307 e. The fourth-order valence-corrected chi connectivity index (χ4v) is 1.03. The zero-order valence-electron chi connectivity index (χ0n) is 7.63. The average Bonchev–Trinajstić information content (AvgIpc) is 2.34. The fraction of sp³-hybridized carbons (Fsp3) is 0. The number of hydrogen-bond donors (Lipinski definition) is 0. The highest BCUT2D eigenvalue weighted by Crippen LogP contribution is 2.10. The molecule has 0 aliphatic heterocycles. The van der Waals surface area contributed by atoms with Crippen LogP contribution in [-0.4, -0.2) is 16.8 Å². The van der Waals surface area contributed by atoms with Crippen molar-refractivity contribution < 1.29 is 4.79 Å². The van der Waals surface area contributed by atoms with E-state index in [4.69, 9.17) is 4.79 Å². The van der Waals surface area contributed by atoms with Gasteiger partial charge >= 0.3 is 0 Å². The van der Waals surface area contributed by atoms with Crippen LogP contribution in [0.15, 0.2) is 48.8 Å². The van der Waals surface area contributed by atoms with Crippen LogP contribution in [0.3, 0.4) is 0 Å². The normalized spacial score (nSPS) is 8.57. The summed E-state index contributed by atoms with van der Waals surface area (Å²) in [6, 6.07) is 11.6. The predicted molar refractivity (Wildman–Crippen MR) is 54.6 cm³/mol. The van der Waals surface area contributed by atoms with Gasteiger partial charge in [0.05, 0.1) is 11.4 Å². The third-order valence-corrected chi connectivity index (χ3v) is 1.59. The lowest BCUT2D eigenvalue weighted by Crippen LogP contribution is -1.83. The van der Waals surface area contributed by atoms with Gasteiger partial charge in [-0.2, -0.15) is 0 Å². The summed E-state index contributed by atoms with van der Waals surface area (Å²) < 4.78 is 0. The van der Waals surface area contributed by atoms with Gasteiger partial charge in [-0.05, 0) is 24.3 Å². The first kappa shape index (κ1) is 10.1. The van der Waals surface area contributed by atoms with Crippen LogP contribution in [0.2, 0.25) is 0 Å². The van der Waals surface area contributed by atoms with Gasteiger partial charge in [0.15, 0.2) is 0 Å². The summed E-state index contributed by atoms with van der Waals surface area (Å²) in [6.45, 7) is 2.00. The standard InChI is InChI=1S/C10H8N2.CH2O/c1-3-7-11-9(5-1)10-6-2-4-8-12-10;1-2/h1-8H;1H2. The van der Waals surface area contributed by atoms with E-state index in [-0.39, 0.29) is 0 Å². The van der Waals surface area contributed by atoms with E-state index < -0.39 is 0 Å². The molecule has 14 heavy (non-hydrogen) atoms. The molecule has 0 spiro atoms. The smallest absolute Gasteiger partial charge is 0.106 e. The van der Waals surface area contributed by atoms with E-state index in [1.807, 2.05) is 43.2 Å². The van der Waals surface area contributed by atoms with Crippen LogP contribution in [0.4, 0.5) is 0 Å². The number of aromatic nitrogens is 2. The molecule has 2 heterocycles. The van der Waals surface area contributed by atoms with E-state index in [9.17, 15) is 0 Å². The lowest BCUT2D eigenvalue weighted by molar-refractivity contribution is -0.0979. The first-order valence-corrected chi connectivity index (χ1v) is 4.08. The zero-order valence-corrected chi connectivity index (χ0v) is 7.63. The number of hydrogen-bond acceptors (Lipinski definition) is 3. The molecule has 0 saturated heterocycles. The van der Waals surface area contributed by atoms with Crippen LogP contribution in [0, 0.1) is 0 Å². The Labute approximate surface area is 82.5 Å². The Morgan fingerprint density at radius 2 is 1.21 bits per heavy atom. The van der Waals surface area contributed by atoms with Crippen molar-refractivity contribution in [1.82, 2.24) is 9.97 Å². The van der Waals surface area contributed by atoms with Crippen LogP contribution in [0.25, 0.3) is 11.4 Å². The Bertz CT molecular complexity index is 324. The first-order valence-electron chi connectivity index (χ1n) is 4.08. The molecule has 0 atom stereocenters. The van der Waals surface area contributed by atoms with Crippen LogP contribution >= 0.6 is 0 Å². The number of carbonyl (C=O) groups is 1. The maximum Gasteiger partial charge on any atom is 0.106 e. The Hall–Kier alpha value is -2.03. The maximum absolute atomic E-state index is 8.00. The Balaban J connectivity index is 0.000000461. The summed E-state index contributed by atoms with van der Waals surface area (Å²) in [6.07, 6.45) is 3.54. The van der Waals surface area contributed by atoms with Crippen LogP contribution in [0.1, 0.15) is 0 Å². The Kier molecular flexibility index (Phi) is 4.01. The third kappa shape index (κ3) is 2.48. The Morgan fingerprint density at radius 3 is 1.50 bits per heavy atom. The lowest BCUT2D eigenvalue weighted by Gasteiger charge is -1.96. The van der Waals surface area contributed by atoms with E-state index >= 15 is 0 Å². The van der Waals surface area contributed by atoms with Gasteiger partial charge in [-0.25, -0.2) is 0 Å². The third-order valence-electron chi connectivity index (χ3n) is 1.59. The predicted octanol–water partition coefficient (Wildman–Crippen LogP) is 1.96. The largest absolute Gasteiger partial charge is 0.307 e. The molecular weight excluding hydrogens is 176 g/mol. The van der Waals surface area contributed by atoms with Crippen molar-refractivity contribution >= 4 is 6.79 Å². The van der Waals surface area contributed by atoms with Crippen LogP contribution in [0.5, 0.6) is 0 Å². The number of nitrogens with zero attached hydrogens (tertiary/aromatic N) is 2. The molecule has 0 N–H and O–H groups in total. The molecular formula is C11H10N2O. The van der Waals surface area contributed by atoms with Gasteiger partial charge in [-0.15, -0.1) is 0 Å². The van der Waals surface area contributed by atoms with E-state index in [2.05, 4.69) is 9.97 Å². The molecule has 70 valence electrons. The molecule has 2 rings (SSSR count). The topological polar surface area (TPSA) is 42.9 Å². The van der Waals surface area contributed by atoms with Crippen molar-refractivity contribution in [3.8, 4) is 11.4 Å². The van der Waals surface area contributed by atoms with Gasteiger partial charge in [-0.3, -0.25) is 9.97 Å². The second-order valence-corrected chi connectivity index (χ2v) is 2.43. The van der Waals surface area contributed by atoms with Gasteiger partial charge in [0.1, 0.15) is 6.79 Å². The van der Waals surface area contributed by atoms with Crippen LogP contribution < -0.4 is 0 Å². The molecule has 2 aromatic rings. The molecule has 0 unspecified atom stereocenters. The van der Waals surface area contributed by atoms with Crippen molar-refractivity contribution in [3.63, 3.8) is 0 Å². The molecule has 0 radical (unpaired) electrons. The molecule has 0 aromatic carbocycles. The lowest BCUT2D eigenvalue weighted by atomic mass is 10.2. The minimum atomic E-state index is 0.915. The summed E-state index contributed by atoms with van der Waals surface area (Å²) in [5.74, 6) is 0. The molecule has 0 saturated carbocycles. The van der Waals surface area contributed by atoms with Crippen molar-refractivity contribution in [1.29, 1.82) is 0 Å². The van der Waals surface area contributed by atoms with Crippen molar-refractivity contribution in [2.45, 2.75) is 0 Å². The summed E-state index contributed by atoms with van der Waals surface area (Å²) in [7, 11) is 0. The second kappa shape index (κ2) is 5.59. The zero-order chi connectivity index (χ0) is 10.2. The quantitative estimate of drug-likeness (QED) is 0.683. The van der Waals surface area contributed by atoms with E-state index in [1.165, 1.54) is 0 Å². The molecule has 3 heteroatoms. The number of pyridine rings is 2. The summed E-state index contributed by atoms with van der Waals surface area (Å²) in [5, 5.41) is 0. The highest BCUT2D eigenvalue weighted by molar-refractivity contribution is 5.52. The summed E-state index contributed by atoms with van der Waals surface area (Å²) in [5.41, 5.74) is 1.83. The minimum absolute atomic E-state index is 0.915. The van der Waals surface area contributed by atoms with E-state index in [0.29, 0.717) is 0 Å². The fourth-order valence-electron chi connectivity index (χ4n) is 1.03. The van der Waals surface area contributed by atoms with Gasteiger partial charge in [-0.1, -0.05) is 12.1 Å². The second-order valence-electron chi connectivity index (χ2n) is 2.43. The summed E-state index contributed by atoms with van der Waals surface area (Å²) >= 11 is 0. The molecule has 0 fully saturated rings. The van der Waals surface area contributed by atoms with Crippen molar-refractivity contribution in [3.05, 3.63) is 48.8 Å². The maximum atomic E-state index is 8.00. The van der Waals surface area contributed by atoms with Gasteiger partial charge in [0, 0.05) is 12.4 Å². The van der Waals surface area contributed by atoms with Crippen LogP contribution in [-0.2, 0) is 4.79 Å². The van der Waals surface area contributed by atoms with E-state index in [1.54, 1.807) is 12.4 Å².